The van der Waals surface area contributed by atoms with E-state index in [-0.39, 0.29) is 0 Å². The van der Waals surface area contributed by atoms with Gasteiger partial charge in [-0.05, 0) is 82.6 Å². The lowest BCUT2D eigenvalue weighted by Crippen LogP contribution is -2.09. The van der Waals surface area contributed by atoms with E-state index in [0.29, 0.717) is 0 Å². The molecule has 2 aromatic heterocycles. The number of furan rings is 1. The van der Waals surface area contributed by atoms with Gasteiger partial charge in [-0.1, -0.05) is 91.0 Å². The average molecular weight is 568 g/mol. The fourth-order valence-corrected chi connectivity index (χ4v) is 7.55. The molecular formula is C40H25NOS. The maximum absolute atomic E-state index is 6.35. The number of hydrogen-bond donors (Lipinski definition) is 0. The number of anilines is 3. The highest BCUT2D eigenvalue weighted by Gasteiger charge is 2.16. The van der Waals surface area contributed by atoms with Gasteiger partial charge >= 0.3 is 0 Å². The van der Waals surface area contributed by atoms with Gasteiger partial charge in [0.15, 0.2) is 0 Å². The summed E-state index contributed by atoms with van der Waals surface area (Å²) >= 11 is 1.85. The first-order valence-corrected chi connectivity index (χ1v) is 15.3. The molecule has 7 aromatic carbocycles. The number of fused-ring (bicyclic) bond motifs is 8. The monoisotopic (exact) mass is 567 g/mol. The van der Waals surface area contributed by atoms with Gasteiger partial charge in [0, 0.05) is 48.0 Å². The van der Waals surface area contributed by atoms with Gasteiger partial charge in [-0.15, -0.1) is 11.3 Å². The van der Waals surface area contributed by atoms with Gasteiger partial charge in [0.25, 0.3) is 0 Å². The molecule has 0 N–H and O–H groups in total. The minimum atomic E-state index is 0.912. The highest BCUT2D eigenvalue weighted by Crippen LogP contribution is 2.41. The summed E-state index contributed by atoms with van der Waals surface area (Å²) in [6, 6.07) is 54.2. The number of rotatable bonds is 4. The van der Waals surface area contributed by atoms with Gasteiger partial charge in [-0.2, -0.15) is 0 Å². The second-order valence-corrected chi connectivity index (χ2v) is 12.1. The molecule has 0 aliphatic heterocycles. The summed E-state index contributed by atoms with van der Waals surface area (Å²) in [7, 11) is 0. The normalized spacial score (nSPS) is 11.7. The average Bonchev–Trinajstić information content (AvgIpc) is 3.63. The molecule has 0 fully saturated rings. The van der Waals surface area contributed by atoms with Crippen LogP contribution in [-0.4, -0.2) is 0 Å². The maximum atomic E-state index is 6.35. The highest BCUT2D eigenvalue weighted by atomic mass is 32.1. The Kier molecular flexibility index (Phi) is 5.40. The first-order valence-electron chi connectivity index (χ1n) is 14.5. The second-order valence-electron chi connectivity index (χ2n) is 11.0. The predicted octanol–water partition coefficient (Wildman–Crippen LogP) is 12.2. The second kappa shape index (κ2) is 9.59. The van der Waals surface area contributed by atoms with Crippen molar-refractivity contribution >= 4 is 81.3 Å². The van der Waals surface area contributed by atoms with E-state index in [2.05, 4.69) is 157 Å². The van der Waals surface area contributed by atoms with Crippen molar-refractivity contribution in [1.82, 2.24) is 0 Å². The van der Waals surface area contributed by atoms with E-state index in [4.69, 9.17) is 4.42 Å². The molecule has 0 radical (unpaired) electrons. The quantitative estimate of drug-likeness (QED) is 0.210. The van der Waals surface area contributed by atoms with Gasteiger partial charge in [0.1, 0.15) is 11.2 Å². The van der Waals surface area contributed by atoms with Gasteiger partial charge in [0.05, 0.1) is 0 Å². The molecule has 0 unspecified atom stereocenters. The molecule has 0 amide bonds. The maximum Gasteiger partial charge on any atom is 0.136 e. The zero-order valence-electron chi connectivity index (χ0n) is 23.2. The zero-order chi connectivity index (χ0) is 28.3. The van der Waals surface area contributed by atoms with Crippen LogP contribution in [0.2, 0.25) is 0 Å². The Bertz CT molecular complexity index is 2450. The van der Waals surface area contributed by atoms with Crippen molar-refractivity contribution in [2.45, 2.75) is 0 Å². The Labute approximate surface area is 252 Å². The SMILES string of the molecule is c1ccc(N(c2ccc(-c3ccc4c(c3)oc3ccc5ccccc5c34)cc2)c2ccc3c(c2)sc2ccccc23)cc1. The third kappa shape index (κ3) is 3.93. The number of nitrogens with zero attached hydrogens (tertiary/aromatic N) is 1. The summed E-state index contributed by atoms with van der Waals surface area (Å²) in [4.78, 5) is 2.33. The first kappa shape index (κ1) is 24.2. The molecule has 0 spiro atoms. The summed E-state index contributed by atoms with van der Waals surface area (Å²) in [6.07, 6.45) is 0. The molecule has 0 aliphatic carbocycles. The van der Waals surface area contributed by atoms with Crippen molar-refractivity contribution in [1.29, 1.82) is 0 Å². The summed E-state index contributed by atoms with van der Waals surface area (Å²) in [5, 5.41) is 7.42. The molecule has 0 saturated carbocycles. The number of hydrogen-bond acceptors (Lipinski definition) is 3. The van der Waals surface area contributed by atoms with E-state index in [1.54, 1.807) is 0 Å². The third-order valence-electron chi connectivity index (χ3n) is 8.46. The Morgan fingerprint density at radius 1 is 0.419 bits per heavy atom. The molecule has 0 atom stereocenters. The molecule has 9 aromatic rings. The molecule has 202 valence electrons. The van der Waals surface area contributed by atoms with Crippen LogP contribution in [0.3, 0.4) is 0 Å². The molecule has 0 saturated heterocycles. The molecule has 0 bridgehead atoms. The Morgan fingerprint density at radius 2 is 1.09 bits per heavy atom. The van der Waals surface area contributed by atoms with Crippen LogP contribution in [0.15, 0.2) is 156 Å². The number of thiophene rings is 1. The summed E-state index contributed by atoms with van der Waals surface area (Å²) in [5.74, 6) is 0. The van der Waals surface area contributed by atoms with Crippen LogP contribution < -0.4 is 4.90 Å². The van der Waals surface area contributed by atoms with Gasteiger partial charge in [-0.25, -0.2) is 0 Å². The van der Waals surface area contributed by atoms with E-state index >= 15 is 0 Å². The van der Waals surface area contributed by atoms with Crippen LogP contribution in [-0.2, 0) is 0 Å². The van der Waals surface area contributed by atoms with E-state index in [9.17, 15) is 0 Å². The minimum Gasteiger partial charge on any atom is -0.456 e. The summed E-state index contributed by atoms with van der Waals surface area (Å²) in [5.41, 5.74) is 7.53. The largest absolute Gasteiger partial charge is 0.456 e. The molecule has 3 heteroatoms. The van der Waals surface area contributed by atoms with Gasteiger partial charge < -0.3 is 9.32 Å². The van der Waals surface area contributed by atoms with E-state index in [1.807, 2.05) is 11.3 Å². The Hall–Kier alpha value is -5.38. The van der Waals surface area contributed by atoms with Crippen LogP contribution in [0, 0.1) is 0 Å². The van der Waals surface area contributed by atoms with E-state index in [1.165, 1.54) is 36.3 Å². The van der Waals surface area contributed by atoms with Crippen LogP contribution in [0.1, 0.15) is 0 Å². The lowest BCUT2D eigenvalue weighted by Gasteiger charge is -2.25. The number of benzene rings is 7. The molecule has 2 nitrogen and oxygen atoms in total. The Balaban J connectivity index is 1.13. The smallest absolute Gasteiger partial charge is 0.136 e. The lowest BCUT2D eigenvalue weighted by atomic mass is 10.0. The zero-order valence-corrected chi connectivity index (χ0v) is 24.0. The van der Waals surface area contributed by atoms with E-state index < -0.39 is 0 Å². The van der Waals surface area contributed by atoms with Crippen molar-refractivity contribution in [3.05, 3.63) is 152 Å². The fraction of sp³-hybridized carbons (Fsp3) is 0. The molecule has 0 aliphatic rings. The van der Waals surface area contributed by atoms with Crippen LogP contribution >= 0.6 is 11.3 Å². The van der Waals surface area contributed by atoms with E-state index in [0.717, 1.165) is 44.7 Å². The molecule has 43 heavy (non-hydrogen) atoms. The van der Waals surface area contributed by atoms with Gasteiger partial charge in [0.2, 0.25) is 0 Å². The van der Waals surface area contributed by atoms with Crippen LogP contribution in [0.5, 0.6) is 0 Å². The third-order valence-corrected chi connectivity index (χ3v) is 9.59. The number of para-hydroxylation sites is 1. The van der Waals surface area contributed by atoms with Crippen molar-refractivity contribution in [2.75, 3.05) is 4.90 Å². The summed E-state index contributed by atoms with van der Waals surface area (Å²) < 4.78 is 8.96. The van der Waals surface area contributed by atoms with Crippen molar-refractivity contribution in [2.24, 2.45) is 0 Å². The topological polar surface area (TPSA) is 16.4 Å². The van der Waals surface area contributed by atoms with Crippen molar-refractivity contribution < 1.29 is 4.42 Å². The van der Waals surface area contributed by atoms with Crippen LogP contribution in [0.25, 0.3) is 64.0 Å². The van der Waals surface area contributed by atoms with Gasteiger partial charge in [-0.3, -0.25) is 0 Å². The fourth-order valence-electron chi connectivity index (χ4n) is 6.41. The first-order chi connectivity index (χ1) is 21.3. The molecule has 2 heterocycles. The minimum absolute atomic E-state index is 0.912. The standard InChI is InChI=1S/C40H25NOS/c1-2-9-29(10-3-1)41(31-20-22-34-33-12-6-7-13-38(33)43-39(34)25-31)30-18-14-26(15-19-30)28-16-21-35-37(24-28)42-36-23-17-27-8-4-5-11-32(27)40(35)36/h1-25H. The van der Waals surface area contributed by atoms with Crippen molar-refractivity contribution in [3.8, 4) is 11.1 Å². The highest BCUT2D eigenvalue weighted by molar-refractivity contribution is 7.25. The lowest BCUT2D eigenvalue weighted by molar-refractivity contribution is 0.669. The molecular weight excluding hydrogens is 543 g/mol. The molecule has 9 rings (SSSR count). The van der Waals surface area contributed by atoms with Crippen LogP contribution in [0.4, 0.5) is 17.1 Å². The van der Waals surface area contributed by atoms with Crippen molar-refractivity contribution in [3.63, 3.8) is 0 Å². The summed E-state index contributed by atoms with van der Waals surface area (Å²) in [6.45, 7) is 0. The predicted molar refractivity (Wildman–Crippen MR) is 184 cm³/mol. The Morgan fingerprint density at radius 3 is 1.98 bits per heavy atom.